The van der Waals surface area contributed by atoms with E-state index in [-0.39, 0.29) is 0 Å². The maximum Gasteiger partial charge on any atom is 0.129 e. The van der Waals surface area contributed by atoms with Crippen LogP contribution in [-0.2, 0) is 0 Å². The number of aryl methyl sites for hydroxylation is 1. The lowest BCUT2D eigenvalue weighted by atomic mass is 9.96. The van der Waals surface area contributed by atoms with Gasteiger partial charge in [-0.15, -0.1) is 0 Å². The van der Waals surface area contributed by atoms with Crippen LogP contribution in [0.4, 0.5) is 0 Å². The SMILES string of the molecule is Cc1cccc(C#N)c1-c1ccnc(Cl)c1. The molecule has 0 saturated heterocycles. The van der Waals surface area contributed by atoms with Crippen molar-refractivity contribution in [2.75, 3.05) is 0 Å². The second-order valence-corrected chi connectivity index (χ2v) is 3.86. The van der Waals surface area contributed by atoms with Crippen molar-refractivity contribution in [2.24, 2.45) is 0 Å². The van der Waals surface area contributed by atoms with Crippen LogP contribution >= 0.6 is 11.6 Å². The molecule has 2 rings (SSSR count). The van der Waals surface area contributed by atoms with E-state index in [0.717, 1.165) is 16.7 Å². The maximum absolute atomic E-state index is 9.07. The highest BCUT2D eigenvalue weighted by Gasteiger charge is 2.08. The Hall–Kier alpha value is -1.85. The molecule has 0 radical (unpaired) electrons. The molecule has 0 unspecified atom stereocenters. The van der Waals surface area contributed by atoms with Gasteiger partial charge in [0, 0.05) is 11.8 Å². The Morgan fingerprint density at radius 2 is 2.12 bits per heavy atom. The van der Waals surface area contributed by atoms with Crippen molar-refractivity contribution >= 4 is 11.6 Å². The van der Waals surface area contributed by atoms with Crippen molar-refractivity contribution in [2.45, 2.75) is 6.92 Å². The molecular formula is C13H9ClN2. The third-order valence-electron chi connectivity index (χ3n) is 2.41. The smallest absolute Gasteiger partial charge is 0.129 e. The third kappa shape index (κ3) is 1.91. The average molecular weight is 229 g/mol. The summed E-state index contributed by atoms with van der Waals surface area (Å²) in [6.07, 6.45) is 1.64. The van der Waals surface area contributed by atoms with E-state index in [4.69, 9.17) is 16.9 Å². The fraction of sp³-hybridized carbons (Fsp3) is 0.0769. The van der Waals surface area contributed by atoms with Gasteiger partial charge in [0.25, 0.3) is 0 Å². The molecule has 1 aromatic heterocycles. The van der Waals surface area contributed by atoms with Crippen LogP contribution in [0.25, 0.3) is 11.1 Å². The minimum Gasteiger partial charge on any atom is -0.245 e. The Labute approximate surface area is 99.1 Å². The first-order chi connectivity index (χ1) is 7.72. The summed E-state index contributed by atoms with van der Waals surface area (Å²) in [5.41, 5.74) is 3.56. The van der Waals surface area contributed by atoms with Crippen LogP contribution in [0, 0.1) is 18.3 Å². The highest BCUT2D eigenvalue weighted by atomic mass is 35.5. The molecule has 0 aliphatic heterocycles. The van der Waals surface area contributed by atoms with Gasteiger partial charge in [0.2, 0.25) is 0 Å². The Balaban J connectivity index is 2.69. The van der Waals surface area contributed by atoms with Gasteiger partial charge in [0.1, 0.15) is 5.15 Å². The van der Waals surface area contributed by atoms with E-state index in [0.29, 0.717) is 10.7 Å². The Kier molecular flexibility index (Phi) is 2.89. The monoisotopic (exact) mass is 228 g/mol. The summed E-state index contributed by atoms with van der Waals surface area (Å²) in [7, 11) is 0. The van der Waals surface area contributed by atoms with Gasteiger partial charge in [-0.1, -0.05) is 23.7 Å². The first kappa shape index (κ1) is 10.7. The van der Waals surface area contributed by atoms with Gasteiger partial charge in [-0.2, -0.15) is 5.26 Å². The fourth-order valence-electron chi connectivity index (χ4n) is 1.70. The molecule has 0 saturated carbocycles. The Morgan fingerprint density at radius 1 is 1.31 bits per heavy atom. The molecule has 2 aromatic rings. The lowest BCUT2D eigenvalue weighted by Crippen LogP contribution is -1.89. The summed E-state index contributed by atoms with van der Waals surface area (Å²) in [6, 6.07) is 11.5. The molecule has 78 valence electrons. The molecule has 1 aromatic carbocycles. The second-order valence-electron chi connectivity index (χ2n) is 3.48. The van der Waals surface area contributed by atoms with E-state index in [1.54, 1.807) is 18.3 Å². The molecule has 0 N–H and O–H groups in total. The van der Waals surface area contributed by atoms with Gasteiger partial charge in [-0.05, 0) is 36.2 Å². The van der Waals surface area contributed by atoms with Crippen LogP contribution in [0.15, 0.2) is 36.5 Å². The van der Waals surface area contributed by atoms with Gasteiger partial charge >= 0.3 is 0 Å². The standard InChI is InChI=1S/C13H9ClN2/c1-9-3-2-4-11(8-15)13(9)10-5-6-16-12(14)7-10/h2-7H,1H3. The van der Waals surface area contributed by atoms with E-state index in [2.05, 4.69) is 11.1 Å². The fourth-order valence-corrected chi connectivity index (χ4v) is 1.88. The van der Waals surface area contributed by atoms with E-state index in [1.165, 1.54) is 0 Å². The van der Waals surface area contributed by atoms with Crippen LogP contribution in [0.5, 0.6) is 0 Å². The first-order valence-electron chi connectivity index (χ1n) is 4.84. The summed E-state index contributed by atoms with van der Waals surface area (Å²) >= 11 is 5.85. The summed E-state index contributed by atoms with van der Waals surface area (Å²) in [4.78, 5) is 3.93. The highest BCUT2D eigenvalue weighted by molar-refractivity contribution is 6.29. The number of rotatable bonds is 1. The zero-order valence-electron chi connectivity index (χ0n) is 8.74. The Morgan fingerprint density at radius 3 is 2.81 bits per heavy atom. The normalized spacial score (nSPS) is 9.81. The van der Waals surface area contributed by atoms with Crippen LogP contribution in [0.3, 0.4) is 0 Å². The number of benzene rings is 1. The van der Waals surface area contributed by atoms with E-state index in [9.17, 15) is 0 Å². The molecule has 0 spiro atoms. The number of halogens is 1. The second kappa shape index (κ2) is 4.34. The van der Waals surface area contributed by atoms with Crippen molar-refractivity contribution in [1.82, 2.24) is 4.98 Å². The number of hydrogen-bond donors (Lipinski definition) is 0. The van der Waals surface area contributed by atoms with E-state index >= 15 is 0 Å². The molecule has 0 atom stereocenters. The van der Waals surface area contributed by atoms with E-state index < -0.39 is 0 Å². The summed E-state index contributed by atoms with van der Waals surface area (Å²) in [5, 5.41) is 9.51. The quantitative estimate of drug-likeness (QED) is 0.700. The zero-order valence-corrected chi connectivity index (χ0v) is 9.49. The first-order valence-corrected chi connectivity index (χ1v) is 5.22. The molecule has 0 bridgehead atoms. The molecule has 16 heavy (non-hydrogen) atoms. The van der Waals surface area contributed by atoms with Crippen molar-refractivity contribution in [3.63, 3.8) is 0 Å². The molecular weight excluding hydrogens is 220 g/mol. The van der Waals surface area contributed by atoms with Crippen molar-refractivity contribution in [1.29, 1.82) is 5.26 Å². The van der Waals surface area contributed by atoms with Gasteiger partial charge < -0.3 is 0 Å². The largest absolute Gasteiger partial charge is 0.245 e. The third-order valence-corrected chi connectivity index (χ3v) is 2.62. The minimum atomic E-state index is 0.435. The van der Waals surface area contributed by atoms with Gasteiger partial charge in [0.05, 0.1) is 11.6 Å². The van der Waals surface area contributed by atoms with Crippen molar-refractivity contribution in [3.05, 3.63) is 52.8 Å². The summed E-state index contributed by atoms with van der Waals surface area (Å²) in [6.45, 7) is 1.98. The topological polar surface area (TPSA) is 36.7 Å². The highest BCUT2D eigenvalue weighted by Crippen LogP contribution is 2.27. The van der Waals surface area contributed by atoms with Crippen molar-refractivity contribution < 1.29 is 0 Å². The summed E-state index contributed by atoms with van der Waals surface area (Å²) < 4.78 is 0. The Bertz CT molecular complexity index is 570. The lowest BCUT2D eigenvalue weighted by molar-refractivity contribution is 1.32. The predicted octanol–water partition coefficient (Wildman–Crippen LogP) is 3.58. The van der Waals surface area contributed by atoms with Gasteiger partial charge in [-0.3, -0.25) is 0 Å². The number of hydrogen-bond acceptors (Lipinski definition) is 2. The lowest BCUT2D eigenvalue weighted by Gasteiger charge is -2.07. The molecule has 0 aliphatic rings. The number of nitriles is 1. The van der Waals surface area contributed by atoms with E-state index in [1.807, 2.05) is 25.1 Å². The molecule has 2 nitrogen and oxygen atoms in total. The molecule has 0 amide bonds. The molecule has 3 heteroatoms. The number of aromatic nitrogens is 1. The summed E-state index contributed by atoms with van der Waals surface area (Å²) in [5.74, 6) is 0. The van der Waals surface area contributed by atoms with Crippen LogP contribution in [0.1, 0.15) is 11.1 Å². The van der Waals surface area contributed by atoms with Crippen LogP contribution in [0.2, 0.25) is 5.15 Å². The zero-order chi connectivity index (χ0) is 11.5. The van der Waals surface area contributed by atoms with Crippen molar-refractivity contribution in [3.8, 4) is 17.2 Å². The minimum absolute atomic E-state index is 0.435. The predicted molar refractivity (Wildman–Crippen MR) is 64.1 cm³/mol. The average Bonchev–Trinajstić information content (AvgIpc) is 2.28. The maximum atomic E-state index is 9.07. The molecule has 0 aliphatic carbocycles. The van der Waals surface area contributed by atoms with Gasteiger partial charge in [-0.25, -0.2) is 4.98 Å². The van der Waals surface area contributed by atoms with Gasteiger partial charge in [0.15, 0.2) is 0 Å². The molecule has 0 fully saturated rings. The molecule has 1 heterocycles. The van der Waals surface area contributed by atoms with Crippen LogP contribution < -0.4 is 0 Å². The van der Waals surface area contributed by atoms with Crippen LogP contribution in [-0.4, -0.2) is 4.98 Å². The number of pyridine rings is 1. The number of nitrogens with zero attached hydrogens (tertiary/aromatic N) is 2.